The molecule has 0 aliphatic heterocycles. The number of rotatable bonds is 8. The van der Waals surface area contributed by atoms with Crippen molar-refractivity contribution in [1.82, 2.24) is 0 Å². The lowest BCUT2D eigenvalue weighted by Crippen LogP contribution is -2.30. The highest BCUT2D eigenvalue weighted by Gasteiger charge is 2.18. The minimum atomic E-state index is -0.613. The quantitative estimate of drug-likeness (QED) is 0.494. The van der Waals surface area contributed by atoms with Crippen molar-refractivity contribution in [1.29, 1.82) is 0 Å². The SMILES string of the molecule is Cc1ccc(C(C)C)c(OC(C)C(=O)Nc2ccc(OCc3ccccc3)cc2)c1. The standard InChI is InChI=1S/C26H29NO3/c1-18(2)24-15-10-19(3)16-25(24)30-20(4)26(28)27-22-11-13-23(14-12-22)29-17-21-8-6-5-7-9-21/h5-16,18,20H,17H2,1-4H3,(H,27,28). The first kappa shape index (κ1) is 21.4. The van der Waals surface area contributed by atoms with Gasteiger partial charge in [0.05, 0.1) is 0 Å². The maximum atomic E-state index is 12.6. The second-order valence-electron chi connectivity index (χ2n) is 7.74. The van der Waals surface area contributed by atoms with Gasteiger partial charge < -0.3 is 14.8 Å². The molecule has 0 bridgehead atoms. The normalized spacial score (nSPS) is 11.8. The molecule has 3 rings (SSSR count). The van der Waals surface area contributed by atoms with Gasteiger partial charge in [0.15, 0.2) is 6.10 Å². The van der Waals surface area contributed by atoms with Gasteiger partial charge in [0, 0.05) is 5.69 Å². The third-order valence-electron chi connectivity index (χ3n) is 4.83. The van der Waals surface area contributed by atoms with Gasteiger partial charge in [-0.2, -0.15) is 0 Å². The fourth-order valence-corrected chi connectivity index (χ4v) is 3.08. The van der Waals surface area contributed by atoms with Crippen molar-refractivity contribution in [3.63, 3.8) is 0 Å². The van der Waals surface area contributed by atoms with E-state index in [1.54, 1.807) is 6.92 Å². The highest BCUT2D eigenvalue weighted by molar-refractivity contribution is 5.94. The molecule has 0 saturated heterocycles. The van der Waals surface area contributed by atoms with Crippen LogP contribution in [0.25, 0.3) is 0 Å². The van der Waals surface area contributed by atoms with E-state index in [4.69, 9.17) is 9.47 Å². The summed E-state index contributed by atoms with van der Waals surface area (Å²) >= 11 is 0. The van der Waals surface area contributed by atoms with Crippen LogP contribution in [0.15, 0.2) is 72.8 Å². The summed E-state index contributed by atoms with van der Waals surface area (Å²) in [5.74, 6) is 1.64. The topological polar surface area (TPSA) is 47.6 Å². The average molecular weight is 404 g/mol. The Hall–Kier alpha value is -3.27. The lowest BCUT2D eigenvalue weighted by Gasteiger charge is -2.19. The van der Waals surface area contributed by atoms with Crippen molar-refractivity contribution in [2.24, 2.45) is 0 Å². The summed E-state index contributed by atoms with van der Waals surface area (Å²) < 4.78 is 11.8. The first-order valence-electron chi connectivity index (χ1n) is 10.3. The third kappa shape index (κ3) is 5.86. The molecule has 30 heavy (non-hydrogen) atoms. The number of carbonyl (C=O) groups excluding carboxylic acids is 1. The summed E-state index contributed by atoms with van der Waals surface area (Å²) in [6, 6.07) is 23.5. The zero-order chi connectivity index (χ0) is 21.5. The average Bonchev–Trinajstić information content (AvgIpc) is 2.73. The van der Waals surface area contributed by atoms with Crippen molar-refractivity contribution in [3.8, 4) is 11.5 Å². The van der Waals surface area contributed by atoms with E-state index in [1.165, 1.54) is 0 Å². The van der Waals surface area contributed by atoms with Crippen LogP contribution < -0.4 is 14.8 Å². The minimum Gasteiger partial charge on any atom is -0.489 e. The summed E-state index contributed by atoms with van der Waals surface area (Å²) in [5, 5.41) is 2.91. The second kappa shape index (κ2) is 9.97. The zero-order valence-corrected chi connectivity index (χ0v) is 18.0. The maximum absolute atomic E-state index is 12.6. The summed E-state index contributed by atoms with van der Waals surface area (Å²) in [5.41, 5.74) is 4.02. The van der Waals surface area contributed by atoms with Gasteiger partial charge in [0.1, 0.15) is 18.1 Å². The molecule has 1 atom stereocenters. The molecule has 4 heteroatoms. The van der Waals surface area contributed by atoms with E-state index in [2.05, 4.69) is 31.3 Å². The Morgan fingerprint density at radius 2 is 1.63 bits per heavy atom. The predicted molar refractivity (Wildman–Crippen MR) is 121 cm³/mol. The molecule has 0 aromatic heterocycles. The van der Waals surface area contributed by atoms with Gasteiger partial charge >= 0.3 is 0 Å². The lowest BCUT2D eigenvalue weighted by atomic mass is 10.0. The van der Waals surface area contributed by atoms with Gasteiger partial charge in [-0.3, -0.25) is 4.79 Å². The summed E-state index contributed by atoms with van der Waals surface area (Å²) in [4.78, 5) is 12.6. The van der Waals surface area contributed by atoms with Crippen molar-refractivity contribution in [2.75, 3.05) is 5.32 Å². The largest absolute Gasteiger partial charge is 0.489 e. The van der Waals surface area contributed by atoms with Crippen LogP contribution in [0, 0.1) is 6.92 Å². The van der Waals surface area contributed by atoms with Crippen LogP contribution in [0.3, 0.4) is 0 Å². The molecule has 4 nitrogen and oxygen atoms in total. The highest BCUT2D eigenvalue weighted by atomic mass is 16.5. The minimum absolute atomic E-state index is 0.191. The summed E-state index contributed by atoms with van der Waals surface area (Å²) in [7, 11) is 0. The molecule has 1 amide bonds. The number of aryl methyl sites for hydroxylation is 1. The summed E-state index contributed by atoms with van der Waals surface area (Å²) in [6.45, 7) is 8.52. The molecular weight excluding hydrogens is 374 g/mol. The number of hydrogen-bond acceptors (Lipinski definition) is 3. The highest BCUT2D eigenvalue weighted by Crippen LogP contribution is 2.28. The van der Waals surface area contributed by atoms with Crippen molar-refractivity contribution < 1.29 is 14.3 Å². The van der Waals surface area contributed by atoms with E-state index in [-0.39, 0.29) is 5.91 Å². The van der Waals surface area contributed by atoms with Crippen LogP contribution in [-0.2, 0) is 11.4 Å². The molecule has 3 aromatic rings. The Bertz CT molecular complexity index is 965. The van der Waals surface area contributed by atoms with E-state index in [0.29, 0.717) is 18.2 Å². The number of hydrogen-bond donors (Lipinski definition) is 1. The van der Waals surface area contributed by atoms with E-state index >= 15 is 0 Å². The van der Waals surface area contributed by atoms with Crippen LogP contribution >= 0.6 is 0 Å². The fourth-order valence-electron chi connectivity index (χ4n) is 3.08. The number of benzene rings is 3. The first-order chi connectivity index (χ1) is 14.4. The molecule has 0 heterocycles. The number of ether oxygens (including phenoxy) is 2. The molecule has 0 saturated carbocycles. The molecule has 156 valence electrons. The Kier molecular flexibility index (Phi) is 7.12. The van der Waals surface area contributed by atoms with Crippen LogP contribution in [0.2, 0.25) is 0 Å². The predicted octanol–water partition coefficient (Wildman–Crippen LogP) is 6.10. The molecule has 0 aliphatic rings. The maximum Gasteiger partial charge on any atom is 0.265 e. The van der Waals surface area contributed by atoms with Gasteiger partial charge in [-0.05, 0) is 66.8 Å². The molecule has 1 unspecified atom stereocenters. The van der Waals surface area contributed by atoms with E-state index < -0.39 is 6.10 Å². The second-order valence-corrected chi connectivity index (χ2v) is 7.74. The van der Waals surface area contributed by atoms with Gasteiger partial charge in [-0.25, -0.2) is 0 Å². The van der Waals surface area contributed by atoms with Gasteiger partial charge in [-0.15, -0.1) is 0 Å². The van der Waals surface area contributed by atoms with Crippen LogP contribution in [0.4, 0.5) is 5.69 Å². The Morgan fingerprint density at radius 1 is 0.933 bits per heavy atom. The van der Waals surface area contributed by atoms with Crippen LogP contribution in [-0.4, -0.2) is 12.0 Å². The Balaban J connectivity index is 1.57. The van der Waals surface area contributed by atoms with Gasteiger partial charge in [-0.1, -0.05) is 56.3 Å². The number of carbonyl (C=O) groups is 1. The monoisotopic (exact) mass is 403 g/mol. The van der Waals surface area contributed by atoms with Crippen molar-refractivity contribution in [3.05, 3.63) is 89.5 Å². The van der Waals surface area contributed by atoms with Crippen LogP contribution in [0.5, 0.6) is 11.5 Å². The first-order valence-corrected chi connectivity index (χ1v) is 10.3. The molecular formula is C26H29NO3. The molecule has 3 aromatic carbocycles. The molecule has 0 radical (unpaired) electrons. The van der Waals surface area contributed by atoms with E-state index in [0.717, 1.165) is 28.2 Å². The smallest absolute Gasteiger partial charge is 0.265 e. The number of anilines is 1. The molecule has 0 aliphatic carbocycles. The van der Waals surface area contributed by atoms with Gasteiger partial charge in [0.25, 0.3) is 5.91 Å². The fraction of sp³-hybridized carbons (Fsp3) is 0.269. The van der Waals surface area contributed by atoms with Gasteiger partial charge in [0.2, 0.25) is 0 Å². The Labute approximate surface area is 178 Å². The molecule has 1 N–H and O–H groups in total. The molecule has 0 fully saturated rings. The van der Waals surface area contributed by atoms with E-state index in [9.17, 15) is 4.79 Å². The van der Waals surface area contributed by atoms with Crippen LogP contribution in [0.1, 0.15) is 43.4 Å². The van der Waals surface area contributed by atoms with E-state index in [1.807, 2.05) is 67.6 Å². The number of amides is 1. The zero-order valence-electron chi connectivity index (χ0n) is 18.0. The van der Waals surface area contributed by atoms with Crippen molar-refractivity contribution in [2.45, 2.75) is 46.3 Å². The summed E-state index contributed by atoms with van der Waals surface area (Å²) in [6.07, 6.45) is -0.613. The van der Waals surface area contributed by atoms with Crippen molar-refractivity contribution >= 4 is 11.6 Å². The lowest BCUT2D eigenvalue weighted by molar-refractivity contribution is -0.122. The molecule has 0 spiro atoms. The third-order valence-corrected chi connectivity index (χ3v) is 4.83. The number of nitrogens with one attached hydrogen (secondary N) is 1. The Morgan fingerprint density at radius 3 is 2.30 bits per heavy atom.